The van der Waals surface area contributed by atoms with E-state index < -0.39 is 0 Å². The maximum absolute atomic E-state index is 12.7. The minimum atomic E-state index is 0.182. The Labute approximate surface area is 114 Å². The van der Waals surface area contributed by atoms with Gasteiger partial charge >= 0.3 is 0 Å². The molecule has 1 amide bonds. The molecule has 0 unspecified atom stereocenters. The van der Waals surface area contributed by atoms with Crippen LogP contribution in [0, 0.1) is 11.8 Å². The molecule has 4 atom stereocenters. The summed E-state index contributed by atoms with van der Waals surface area (Å²) in [6.07, 6.45) is 6.27. The number of amides is 1. The van der Waals surface area contributed by atoms with Crippen LogP contribution in [0.25, 0.3) is 0 Å². The minimum Gasteiger partial charge on any atom is -0.339 e. The van der Waals surface area contributed by atoms with E-state index in [4.69, 9.17) is 0 Å². The SMILES string of the molecule is O=C1CC[C@@H]2[C@H]3C[C@@H](CN2C1)[C@@H]1CCCCN1C3=O. The molecule has 4 aliphatic rings. The summed E-state index contributed by atoms with van der Waals surface area (Å²) in [6, 6.07) is 0.819. The Balaban J connectivity index is 1.63. The van der Waals surface area contributed by atoms with Gasteiger partial charge in [-0.3, -0.25) is 14.5 Å². The third-order valence-corrected chi connectivity index (χ3v) is 5.75. The lowest BCUT2D eigenvalue weighted by Gasteiger charge is -2.56. The molecule has 0 N–H and O–H groups in total. The fourth-order valence-corrected chi connectivity index (χ4v) is 4.91. The fourth-order valence-electron chi connectivity index (χ4n) is 4.91. The lowest BCUT2D eigenvalue weighted by molar-refractivity contribution is -0.160. The van der Waals surface area contributed by atoms with Crippen LogP contribution in [-0.2, 0) is 9.59 Å². The highest BCUT2D eigenvalue weighted by Gasteiger charge is 2.51. The van der Waals surface area contributed by atoms with E-state index in [1.807, 2.05) is 0 Å². The molecule has 0 aromatic carbocycles. The highest BCUT2D eigenvalue weighted by Crippen LogP contribution is 2.42. The molecule has 0 aromatic rings. The van der Waals surface area contributed by atoms with Gasteiger partial charge in [-0.1, -0.05) is 0 Å². The molecular weight excluding hydrogens is 240 g/mol. The average molecular weight is 262 g/mol. The van der Waals surface area contributed by atoms with Crippen LogP contribution in [0.1, 0.15) is 38.5 Å². The van der Waals surface area contributed by atoms with Gasteiger partial charge in [-0.25, -0.2) is 0 Å². The standard InChI is InChI=1S/C15H22N2O2/c18-11-4-5-14-12-7-10(8-16(14)9-11)13-3-1-2-6-17(13)15(12)19/h10,12-14H,1-9H2/t10-,12+,13-,14+/m0/s1. The molecule has 4 rings (SSSR count). The normalized spacial score (nSPS) is 42.8. The number of nitrogens with zero attached hydrogens (tertiary/aromatic N) is 2. The van der Waals surface area contributed by atoms with Crippen LogP contribution in [0.4, 0.5) is 0 Å². The van der Waals surface area contributed by atoms with Crippen LogP contribution in [0.15, 0.2) is 0 Å². The van der Waals surface area contributed by atoms with Crippen LogP contribution < -0.4 is 0 Å². The fraction of sp³-hybridized carbons (Fsp3) is 0.867. The maximum atomic E-state index is 12.7. The topological polar surface area (TPSA) is 40.6 Å². The Bertz CT molecular complexity index is 422. The van der Waals surface area contributed by atoms with Crippen molar-refractivity contribution in [2.45, 2.75) is 50.6 Å². The summed E-state index contributed by atoms with van der Waals surface area (Å²) in [5.41, 5.74) is 0. The number of piperidine rings is 4. The number of carbonyl (C=O) groups excluding carboxylic acids is 2. The molecule has 0 aliphatic carbocycles. The van der Waals surface area contributed by atoms with E-state index in [-0.39, 0.29) is 5.92 Å². The Morgan fingerprint density at radius 1 is 1.05 bits per heavy atom. The summed E-state index contributed by atoms with van der Waals surface area (Å²) >= 11 is 0. The van der Waals surface area contributed by atoms with Crippen LogP contribution in [0.3, 0.4) is 0 Å². The predicted molar refractivity (Wildman–Crippen MR) is 70.6 cm³/mol. The van der Waals surface area contributed by atoms with Crippen LogP contribution in [0.5, 0.6) is 0 Å². The van der Waals surface area contributed by atoms with E-state index in [0.717, 1.165) is 25.9 Å². The Hall–Kier alpha value is -0.900. The van der Waals surface area contributed by atoms with E-state index in [1.165, 1.54) is 19.3 Å². The second-order valence-corrected chi connectivity index (χ2v) is 6.77. The van der Waals surface area contributed by atoms with Gasteiger partial charge in [0.25, 0.3) is 0 Å². The zero-order valence-electron chi connectivity index (χ0n) is 11.4. The molecule has 4 saturated heterocycles. The quantitative estimate of drug-likeness (QED) is 0.655. The van der Waals surface area contributed by atoms with Crippen molar-refractivity contribution in [1.82, 2.24) is 9.80 Å². The van der Waals surface area contributed by atoms with Crippen LogP contribution >= 0.6 is 0 Å². The zero-order chi connectivity index (χ0) is 13.0. The molecule has 4 heterocycles. The number of rotatable bonds is 0. The molecule has 104 valence electrons. The lowest BCUT2D eigenvalue weighted by atomic mass is 9.70. The number of Topliss-reactive ketones (excluding diaryl/α,β-unsaturated/α-hetero) is 1. The first-order valence-electron chi connectivity index (χ1n) is 7.80. The molecule has 0 aromatic heterocycles. The van der Waals surface area contributed by atoms with E-state index in [1.54, 1.807) is 0 Å². The zero-order valence-corrected chi connectivity index (χ0v) is 11.4. The molecule has 19 heavy (non-hydrogen) atoms. The van der Waals surface area contributed by atoms with Gasteiger partial charge in [-0.15, -0.1) is 0 Å². The number of fused-ring (bicyclic) bond motifs is 6. The van der Waals surface area contributed by atoms with Gasteiger partial charge in [0, 0.05) is 31.6 Å². The minimum absolute atomic E-state index is 0.182. The Morgan fingerprint density at radius 2 is 1.95 bits per heavy atom. The molecule has 4 heteroatoms. The van der Waals surface area contributed by atoms with Gasteiger partial charge in [-0.05, 0) is 38.0 Å². The second-order valence-electron chi connectivity index (χ2n) is 6.77. The first-order valence-corrected chi connectivity index (χ1v) is 7.80. The van der Waals surface area contributed by atoms with Crippen LogP contribution in [-0.4, -0.2) is 53.2 Å². The molecule has 4 aliphatic heterocycles. The van der Waals surface area contributed by atoms with Gasteiger partial charge in [0.05, 0.1) is 12.5 Å². The smallest absolute Gasteiger partial charge is 0.227 e. The number of hydrogen-bond acceptors (Lipinski definition) is 3. The number of hydrogen-bond donors (Lipinski definition) is 0. The summed E-state index contributed by atoms with van der Waals surface area (Å²) in [5.74, 6) is 1.56. The highest BCUT2D eigenvalue weighted by atomic mass is 16.2. The summed E-state index contributed by atoms with van der Waals surface area (Å²) in [4.78, 5) is 28.9. The molecule has 0 spiro atoms. The summed E-state index contributed by atoms with van der Waals surface area (Å²) in [5, 5.41) is 0. The lowest BCUT2D eigenvalue weighted by Crippen LogP contribution is -2.66. The van der Waals surface area contributed by atoms with Crippen molar-refractivity contribution < 1.29 is 9.59 Å². The summed E-state index contributed by atoms with van der Waals surface area (Å²) in [6.45, 7) is 2.61. The van der Waals surface area contributed by atoms with Crippen molar-refractivity contribution in [2.75, 3.05) is 19.6 Å². The van der Waals surface area contributed by atoms with Crippen molar-refractivity contribution in [2.24, 2.45) is 11.8 Å². The largest absolute Gasteiger partial charge is 0.339 e. The van der Waals surface area contributed by atoms with E-state index in [2.05, 4.69) is 9.80 Å². The van der Waals surface area contributed by atoms with E-state index in [9.17, 15) is 9.59 Å². The molecular formula is C15H22N2O2. The monoisotopic (exact) mass is 262 g/mol. The summed E-state index contributed by atoms with van der Waals surface area (Å²) < 4.78 is 0. The van der Waals surface area contributed by atoms with Gasteiger partial charge in [0.2, 0.25) is 5.91 Å². The van der Waals surface area contributed by atoms with Gasteiger partial charge in [0.1, 0.15) is 5.78 Å². The Morgan fingerprint density at radius 3 is 2.84 bits per heavy atom. The van der Waals surface area contributed by atoms with Crippen molar-refractivity contribution in [3.8, 4) is 0 Å². The molecule has 2 bridgehead atoms. The third-order valence-electron chi connectivity index (χ3n) is 5.75. The van der Waals surface area contributed by atoms with E-state index >= 15 is 0 Å². The maximum Gasteiger partial charge on any atom is 0.227 e. The van der Waals surface area contributed by atoms with Crippen molar-refractivity contribution in [1.29, 1.82) is 0 Å². The summed E-state index contributed by atoms with van der Waals surface area (Å²) in [7, 11) is 0. The number of carbonyl (C=O) groups is 2. The molecule has 0 saturated carbocycles. The predicted octanol–water partition coefficient (Wildman–Crippen LogP) is 1.05. The first-order chi connectivity index (χ1) is 9.24. The first kappa shape index (κ1) is 11.9. The van der Waals surface area contributed by atoms with Gasteiger partial charge in [-0.2, -0.15) is 0 Å². The van der Waals surface area contributed by atoms with Crippen molar-refractivity contribution in [3.05, 3.63) is 0 Å². The average Bonchev–Trinajstić information content (AvgIpc) is 2.44. The van der Waals surface area contributed by atoms with Crippen LogP contribution in [0.2, 0.25) is 0 Å². The van der Waals surface area contributed by atoms with Crippen molar-refractivity contribution in [3.63, 3.8) is 0 Å². The van der Waals surface area contributed by atoms with Crippen molar-refractivity contribution >= 4 is 11.7 Å². The van der Waals surface area contributed by atoms with E-state index in [0.29, 0.717) is 42.7 Å². The second kappa shape index (κ2) is 4.30. The molecule has 4 nitrogen and oxygen atoms in total. The molecule has 4 fully saturated rings. The van der Waals surface area contributed by atoms with Gasteiger partial charge < -0.3 is 4.90 Å². The Kier molecular flexibility index (Phi) is 2.69. The highest BCUT2D eigenvalue weighted by molar-refractivity contribution is 5.84. The third kappa shape index (κ3) is 1.76. The van der Waals surface area contributed by atoms with Gasteiger partial charge in [0.15, 0.2) is 0 Å². The number of ketones is 1. The molecule has 0 radical (unpaired) electrons.